The Bertz CT molecular complexity index is 550. The number of hydrogen-bond donors (Lipinski definition) is 1. The minimum Gasteiger partial charge on any atom is -0.329 e. The molecule has 0 radical (unpaired) electrons. The van der Waals surface area contributed by atoms with Crippen LogP contribution < -0.4 is 5.73 Å². The molecule has 104 valence electrons. The topological polar surface area (TPSA) is 29.3 Å². The van der Waals surface area contributed by atoms with Gasteiger partial charge in [-0.2, -0.15) is 0 Å². The zero-order chi connectivity index (χ0) is 13.8. The zero-order valence-electron chi connectivity index (χ0n) is 11.8. The van der Waals surface area contributed by atoms with Crippen LogP contribution in [0.15, 0.2) is 54.6 Å². The highest BCUT2D eigenvalue weighted by Gasteiger charge is 2.27. The van der Waals surface area contributed by atoms with Crippen LogP contribution in [-0.4, -0.2) is 18.0 Å². The first-order chi connectivity index (χ1) is 9.88. The van der Waals surface area contributed by atoms with Gasteiger partial charge in [-0.05, 0) is 29.5 Å². The summed E-state index contributed by atoms with van der Waals surface area (Å²) in [6.07, 6.45) is 2.41. The molecule has 0 fully saturated rings. The van der Waals surface area contributed by atoms with Crippen LogP contribution in [-0.2, 0) is 13.0 Å². The molecule has 0 saturated carbocycles. The van der Waals surface area contributed by atoms with Crippen LogP contribution >= 0.6 is 0 Å². The molecule has 0 heterocycles. The molecule has 2 heteroatoms. The molecule has 0 saturated heterocycles. The molecule has 0 bridgehead atoms. The Hall–Kier alpha value is -1.64. The third-order valence-electron chi connectivity index (χ3n) is 4.19. The largest absolute Gasteiger partial charge is 0.329 e. The Morgan fingerprint density at radius 2 is 1.75 bits per heavy atom. The number of nitrogens with zero attached hydrogens (tertiary/aromatic N) is 1. The van der Waals surface area contributed by atoms with Crippen LogP contribution in [0.5, 0.6) is 0 Å². The standard InChI is InChI=1S/C18H22N2/c19-12-13-20(14-15-6-2-1-3-7-15)18-11-10-16-8-4-5-9-17(16)18/h1-9,18H,10-14,19H2. The van der Waals surface area contributed by atoms with Crippen molar-refractivity contribution in [3.8, 4) is 0 Å². The summed E-state index contributed by atoms with van der Waals surface area (Å²) in [6.45, 7) is 2.65. The summed E-state index contributed by atoms with van der Waals surface area (Å²) in [4.78, 5) is 2.53. The van der Waals surface area contributed by atoms with Crippen molar-refractivity contribution in [1.82, 2.24) is 4.90 Å². The van der Waals surface area contributed by atoms with E-state index in [2.05, 4.69) is 59.5 Å². The molecular weight excluding hydrogens is 244 g/mol. The fraction of sp³-hybridized carbons (Fsp3) is 0.333. The highest BCUT2D eigenvalue weighted by atomic mass is 15.2. The Morgan fingerprint density at radius 1 is 1.00 bits per heavy atom. The Kier molecular flexibility index (Phi) is 4.14. The SMILES string of the molecule is NCCN(Cc1ccccc1)C1CCc2ccccc21. The second-order valence-corrected chi connectivity index (χ2v) is 5.50. The number of nitrogens with two attached hydrogens (primary N) is 1. The zero-order valence-corrected chi connectivity index (χ0v) is 11.8. The molecular formula is C18H22N2. The van der Waals surface area contributed by atoms with Crippen LogP contribution in [0.3, 0.4) is 0 Å². The Morgan fingerprint density at radius 3 is 2.55 bits per heavy atom. The molecule has 0 amide bonds. The molecule has 1 aliphatic rings. The van der Waals surface area contributed by atoms with Gasteiger partial charge in [-0.25, -0.2) is 0 Å². The van der Waals surface area contributed by atoms with Crippen LogP contribution in [0, 0.1) is 0 Å². The number of hydrogen-bond acceptors (Lipinski definition) is 2. The molecule has 2 aromatic carbocycles. The summed E-state index contributed by atoms with van der Waals surface area (Å²) >= 11 is 0. The predicted octanol–water partition coefficient (Wildman–Crippen LogP) is 3.13. The number of benzene rings is 2. The Balaban J connectivity index is 1.81. The second-order valence-electron chi connectivity index (χ2n) is 5.50. The normalized spacial score (nSPS) is 17.4. The summed E-state index contributed by atoms with van der Waals surface area (Å²) in [6, 6.07) is 20.1. The summed E-state index contributed by atoms with van der Waals surface area (Å²) in [5.41, 5.74) is 10.2. The molecule has 0 aliphatic heterocycles. The number of rotatable bonds is 5. The van der Waals surface area contributed by atoms with E-state index in [1.807, 2.05) is 0 Å². The minimum absolute atomic E-state index is 0.523. The molecule has 1 atom stereocenters. The molecule has 2 nitrogen and oxygen atoms in total. The third-order valence-corrected chi connectivity index (χ3v) is 4.19. The van der Waals surface area contributed by atoms with E-state index >= 15 is 0 Å². The van der Waals surface area contributed by atoms with Crippen molar-refractivity contribution in [3.63, 3.8) is 0 Å². The monoisotopic (exact) mass is 266 g/mol. The van der Waals surface area contributed by atoms with Gasteiger partial charge in [-0.1, -0.05) is 54.6 Å². The van der Waals surface area contributed by atoms with E-state index in [0.29, 0.717) is 12.6 Å². The first-order valence-corrected chi connectivity index (χ1v) is 7.44. The summed E-state index contributed by atoms with van der Waals surface area (Å²) in [7, 11) is 0. The fourth-order valence-electron chi connectivity index (χ4n) is 3.24. The van der Waals surface area contributed by atoms with E-state index in [4.69, 9.17) is 5.73 Å². The van der Waals surface area contributed by atoms with Crippen LogP contribution in [0.4, 0.5) is 0 Å². The van der Waals surface area contributed by atoms with Crippen LogP contribution in [0.2, 0.25) is 0 Å². The maximum absolute atomic E-state index is 5.83. The summed E-state index contributed by atoms with van der Waals surface area (Å²) in [5, 5.41) is 0. The van der Waals surface area contributed by atoms with Crippen LogP contribution in [0.25, 0.3) is 0 Å². The van der Waals surface area contributed by atoms with Crippen molar-refractivity contribution in [2.45, 2.75) is 25.4 Å². The Labute approximate surface area is 121 Å². The molecule has 1 aliphatic carbocycles. The number of aryl methyl sites for hydroxylation is 1. The maximum Gasteiger partial charge on any atom is 0.0358 e. The molecule has 2 N–H and O–H groups in total. The third kappa shape index (κ3) is 2.77. The fourth-order valence-corrected chi connectivity index (χ4v) is 3.24. The van der Waals surface area contributed by atoms with Crippen molar-refractivity contribution >= 4 is 0 Å². The number of fused-ring (bicyclic) bond motifs is 1. The van der Waals surface area contributed by atoms with E-state index in [0.717, 1.165) is 13.1 Å². The average molecular weight is 266 g/mol. The minimum atomic E-state index is 0.523. The van der Waals surface area contributed by atoms with Gasteiger partial charge in [0, 0.05) is 25.7 Å². The summed E-state index contributed by atoms with van der Waals surface area (Å²) < 4.78 is 0. The predicted molar refractivity (Wildman–Crippen MR) is 83.4 cm³/mol. The van der Waals surface area contributed by atoms with Gasteiger partial charge in [0.15, 0.2) is 0 Å². The molecule has 3 rings (SSSR count). The van der Waals surface area contributed by atoms with Crippen molar-refractivity contribution in [2.75, 3.05) is 13.1 Å². The lowest BCUT2D eigenvalue weighted by Crippen LogP contribution is -2.32. The van der Waals surface area contributed by atoms with Crippen molar-refractivity contribution < 1.29 is 0 Å². The lowest BCUT2D eigenvalue weighted by molar-refractivity contribution is 0.193. The van der Waals surface area contributed by atoms with Crippen molar-refractivity contribution in [3.05, 3.63) is 71.3 Å². The highest BCUT2D eigenvalue weighted by molar-refractivity contribution is 5.34. The smallest absolute Gasteiger partial charge is 0.0358 e. The molecule has 0 spiro atoms. The van der Waals surface area contributed by atoms with E-state index in [-0.39, 0.29) is 0 Å². The maximum atomic E-state index is 5.83. The van der Waals surface area contributed by atoms with Gasteiger partial charge in [0.05, 0.1) is 0 Å². The second kappa shape index (κ2) is 6.21. The molecule has 1 unspecified atom stereocenters. The highest BCUT2D eigenvalue weighted by Crippen LogP contribution is 2.36. The lowest BCUT2D eigenvalue weighted by Gasteiger charge is -2.29. The van der Waals surface area contributed by atoms with Gasteiger partial charge in [0.25, 0.3) is 0 Å². The average Bonchev–Trinajstić information content (AvgIpc) is 2.92. The molecule has 0 aromatic heterocycles. The molecule has 20 heavy (non-hydrogen) atoms. The first kappa shape index (κ1) is 13.3. The lowest BCUT2D eigenvalue weighted by atomic mass is 10.1. The van der Waals surface area contributed by atoms with Crippen molar-refractivity contribution in [2.24, 2.45) is 5.73 Å². The quantitative estimate of drug-likeness (QED) is 0.901. The van der Waals surface area contributed by atoms with Gasteiger partial charge in [-0.3, -0.25) is 4.90 Å². The van der Waals surface area contributed by atoms with Crippen LogP contribution in [0.1, 0.15) is 29.2 Å². The first-order valence-electron chi connectivity index (χ1n) is 7.44. The van der Waals surface area contributed by atoms with Gasteiger partial charge in [0.2, 0.25) is 0 Å². The van der Waals surface area contributed by atoms with E-state index in [9.17, 15) is 0 Å². The van der Waals surface area contributed by atoms with E-state index in [1.54, 1.807) is 0 Å². The van der Waals surface area contributed by atoms with Crippen molar-refractivity contribution in [1.29, 1.82) is 0 Å². The van der Waals surface area contributed by atoms with Gasteiger partial charge in [0.1, 0.15) is 0 Å². The van der Waals surface area contributed by atoms with Gasteiger partial charge >= 0.3 is 0 Å². The molecule has 2 aromatic rings. The summed E-state index contributed by atoms with van der Waals surface area (Å²) in [5.74, 6) is 0. The van der Waals surface area contributed by atoms with E-state index < -0.39 is 0 Å². The van der Waals surface area contributed by atoms with Gasteiger partial charge < -0.3 is 5.73 Å². The van der Waals surface area contributed by atoms with Gasteiger partial charge in [-0.15, -0.1) is 0 Å². The van der Waals surface area contributed by atoms with E-state index in [1.165, 1.54) is 29.5 Å².